The van der Waals surface area contributed by atoms with E-state index in [1.165, 1.54) is 0 Å². The summed E-state index contributed by atoms with van der Waals surface area (Å²) in [5.74, 6) is 0. The van der Waals surface area contributed by atoms with Crippen molar-refractivity contribution in [1.82, 2.24) is 0 Å². The fourth-order valence-electron chi connectivity index (χ4n) is 0. The smallest absolute Gasteiger partial charge is 0 e. The maximum Gasteiger partial charge on any atom is 0 e. The molecule has 0 heterocycles. The summed E-state index contributed by atoms with van der Waals surface area (Å²) in [6.45, 7) is 1.56. The van der Waals surface area contributed by atoms with Crippen LogP contribution in [0.15, 0.2) is 0 Å². The summed E-state index contributed by atoms with van der Waals surface area (Å²) < 4.78 is 0. The molecule has 0 fully saturated rings. The average Bonchev–Trinajstić information content (AvgIpc) is 1.00. The Balaban J connectivity index is -0.00000000500. The van der Waals surface area contributed by atoms with Gasteiger partial charge in [0.05, 0.1) is 0 Å². The Morgan fingerprint density at radius 2 is 1.25 bits per heavy atom. The minimum atomic E-state index is 0. The van der Waals surface area contributed by atoms with Crippen molar-refractivity contribution in [2.24, 2.45) is 0 Å². The van der Waals surface area contributed by atoms with Gasteiger partial charge in [-0.05, 0) is 0 Å². The zero-order valence-corrected chi connectivity index (χ0v) is 5.96. The summed E-state index contributed by atoms with van der Waals surface area (Å²) in [7, 11) is 0. The third-order valence-electron chi connectivity index (χ3n) is 0. The first-order valence-corrected chi connectivity index (χ1v) is 1.24. The van der Waals surface area contributed by atoms with Crippen LogP contribution in [0.25, 0.3) is 0 Å². The maximum atomic E-state index is 4.19. The van der Waals surface area contributed by atoms with E-state index in [4.69, 9.17) is 0 Å². The standard InChI is InChI=1S/BH2.Cu.Mo.Ni/h1H2;;;/q+1;-1;;. The van der Waals surface area contributed by atoms with E-state index >= 15 is 0 Å². The number of rotatable bonds is 0. The molecule has 4 heavy (non-hydrogen) atoms. The van der Waals surface area contributed by atoms with E-state index in [2.05, 4.69) is 15.8 Å². The van der Waals surface area contributed by atoms with Crippen LogP contribution in [0.5, 0.6) is 0 Å². The van der Waals surface area contributed by atoms with Crippen molar-refractivity contribution in [3.05, 3.63) is 0 Å². The number of hydrogen-bond acceptors (Lipinski definition) is 0. The Hall–Kier alpha value is 1.77. The molecule has 0 bridgehead atoms. The Morgan fingerprint density at radius 1 is 1.25 bits per heavy atom. The molecular formula is H2BCuMoNi. The zero-order chi connectivity index (χ0) is 2.00. The van der Waals surface area contributed by atoms with Gasteiger partial charge in [-0.15, -0.1) is 0 Å². The van der Waals surface area contributed by atoms with E-state index in [0.717, 1.165) is 0 Å². The molecule has 0 aliphatic heterocycles. The van der Waals surface area contributed by atoms with Crippen LogP contribution in [0.2, 0.25) is 0 Å². The third kappa shape index (κ3) is 9.24. The van der Waals surface area contributed by atoms with Crippen LogP contribution in [0, 0.1) is 0 Å². The Labute approximate surface area is 59.7 Å². The molecule has 0 amide bonds. The molecule has 0 aromatic heterocycles. The van der Waals surface area contributed by atoms with Gasteiger partial charge in [-0.3, -0.25) is 0 Å². The maximum absolute atomic E-state index is 4.19. The molecule has 0 aromatic rings. The normalized spacial score (nSPS) is 1.50. The zero-order valence-electron chi connectivity index (χ0n) is 2.03. The minimum Gasteiger partial charge on any atom is 0 e. The topological polar surface area (TPSA) is 0 Å². The van der Waals surface area contributed by atoms with E-state index in [9.17, 15) is 0 Å². The summed E-state index contributed by atoms with van der Waals surface area (Å²) in [4.78, 5) is 0. The van der Waals surface area contributed by atoms with Crippen molar-refractivity contribution in [1.29, 1.82) is 0 Å². The van der Waals surface area contributed by atoms with Gasteiger partial charge in [0, 0.05) is 37.6 Å². The first-order valence-electron chi connectivity index (χ1n) is 0.302. The van der Waals surface area contributed by atoms with Crippen LogP contribution < -0.4 is 0 Å². The van der Waals surface area contributed by atoms with Crippen LogP contribution in [0.4, 0.5) is 0 Å². The molecule has 0 N–H and O–H groups in total. The van der Waals surface area contributed by atoms with Crippen LogP contribution in [0.3, 0.4) is 0 Å². The molecule has 0 aliphatic carbocycles. The van der Waals surface area contributed by atoms with Gasteiger partial charge in [0.1, 0.15) is 0 Å². The quantitative estimate of drug-likeness (QED) is 0.473. The first-order chi connectivity index (χ1) is 1.00. The molecule has 0 rings (SSSR count). The van der Waals surface area contributed by atoms with E-state index in [1.807, 2.05) is 0 Å². The van der Waals surface area contributed by atoms with Crippen LogP contribution in [-0.4, -0.2) is 6.66 Å². The van der Waals surface area contributed by atoms with E-state index in [1.54, 1.807) is 6.66 Å². The van der Waals surface area contributed by atoms with Crippen LogP contribution >= 0.6 is 0 Å². The number of hydrogen-bond donors (Lipinski definition) is 0. The van der Waals surface area contributed by atoms with Gasteiger partial charge in [0.25, 0.3) is 0 Å². The van der Waals surface area contributed by atoms with Crippen molar-refractivity contribution in [2.75, 3.05) is 0 Å². The summed E-state index contributed by atoms with van der Waals surface area (Å²) in [6.07, 6.45) is 0. The molecule has 0 atom stereocenters. The molecular weight excluding hydrogens is 229 g/mol. The first kappa shape index (κ1) is 17.1. The Morgan fingerprint density at radius 3 is 1.25 bits per heavy atom. The van der Waals surface area contributed by atoms with Gasteiger partial charge in [-0.25, -0.2) is 0 Å². The minimum absolute atomic E-state index is 0. The molecule has 0 saturated heterocycles. The van der Waals surface area contributed by atoms with Crippen molar-refractivity contribution in [2.45, 2.75) is 0 Å². The molecule has 0 aliphatic rings. The van der Waals surface area contributed by atoms with Gasteiger partial charge < -0.3 is 0 Å². The summed E-state index contributed by atoms with van der Waals surface area (Å²) in [5, 5.41) is 0. The van der Waals surface area contributed by atoms with E-state index in [-0.39, 0.29) is 37.6 Å². The second kappa shape index (κ2) is 21.7. The van der Waals surface area contributed by atoms with Gasteiger partial charge in [0.2, 0.25) is 0 Å². The average molecular weight is 231 g/mol. The Kier molecular flexibility index (Phi) is 92.7. The SMILES string of the molecule is [BH2][Cu].[Mo].[Ni]. The van der Waals surface area contributed by atoms with Crippen LogP contribution in [-0.2, 0) is 53.4 Å². The summed E-state index contributed by atoms with van der Waals surface area (Å²) >= 11 is 4.19. The van der Waals surface area contributed by atoms with Gasteiger partial charge >= 0.3 is 22.5 Å². The molecule has 0 nitrogen and oxygen atoms in total. The second-order valence-corrected chi connectivity index (χ2v) is 0. The van der Waals surface area contributed by atoms with Gasteiger partial charge in [0.15, 0.2) is 0 Å². The molecule has 4 heteroatoms. The van der Waals surface area contributed by atoms with E-state index in [0.29, 0.717) is 0 Å². The third-order valence-corrected chi connectivity index (χ3v) is 0. The van der Waals surface area contributed by atoms with Crippen molar-refractivity contribution < 1.29 is 53.4 Å². The predicted octanol–water partition coefficient (Wildman–Crippen LogP) is -0.924. The van der Waals surface area contributed by atoms with Crippen molar-refractivity contribution in [3.8, 4) is 0 Å². The summed E-state index contributed by atoms with van der Waals surface area (Å²) in [6, 6.07) is 0. The monoisotopic (exact) mass is 232 g/mol. The predicted molar refractivity (Wildman–Crippen MR) is 8.54 cm³/mol. The summed E-state index contributed by atoms with van der Waals surface area (Å²) in [5.41, 5.74) is 0. The molecule has 0 unspecified atom stereocenters. The molecule has 32 valence electrons. The second-order valence-electron chi connectivity index (χ2n) is 0. The van der Waals surface area contributed by atoms with Gasteiger partial charge in [-0.1, -0.05) is 0 Å². The molecule has 0 radical (unpaired) electrons. The fourth-order valence-corrected chi connectivity index (χ4v) is 0. The van der Waals surface area contributed by atoms with Crippen molar-refractivity contribution >= 4 is 6.66 Å². The van der Waals surface area contributed by atoms with Crippen LogP contribution in [0.1, 0.15) is 0 Å². The Bertz CT molecular complexity index is 8.00. The van der Waals surface area contributed by atoms with Gasteiger partial charge in [-0.2, -0.15) is 0 Å². The fraction of sp³-hybridized carbons (Fsp3) is 0. The van der Waals surface area contributed by atoms with E-state index < -0.39 is 0 Å². The van der Waals surface area contributed by atoms with Crippen molar-refractivity contribution in [3.63, 3.8) is 0 Å². The molecule has 0 spiro atoms. The molecule has 0 aromatic carbocycles. The largest absolute Gasteiger partial charge is 0 e. The molecule has 0 saturated carbocycles.